The van der Waals surface area contributed by atoms with Crippen LogP contribution in [-0.2, 0) is 22.5 Å². The van der Waals surface area contributed by atoms with Crippen LogP contribution < -0.4 is 0 Å². The maximum Gasteiger partial charge on any atom is 0.360 e. The van der Waals surface area contributed by atoms with Gasteiger partial charge in [0.25, 0.3) is 0 Å². The number of ether oxygens (including phenoxy) is 1. The SMILES string of the molecule is CCCc1c(C(=O)OCC)nnn1CCCC(=O)N(C)C. The van der Waals surface area contributed by atoms with Gasteiger partial charge in [-0.05, 0) is 19.8 Å². The van der Waals surface area contributed by atoms with Crippen molar-refractivity contribution in [2.75, 3.05) is 20.7 Å². The predicted molar refractivity (Wildman–Crippen MR) is 77.9 cm³/mol. The molecule has 0 saturated carbocycles. The predicted octanol–water partition coefficient (Wildman–Crippen LogP) is 1.28. The average Bonchev–Trinajstić information content (AvgIpc) is 2.82. The van der Waals surface area contributed by atoms with Crippen molar-refractivity contribution in [1.29, 1.82) is 0 Å². The van der Waals surface area contributed by atoms with E-state index in [4.69, 9.17) is 4.74 Å². The molecular weight excluding hydrogens is 272 g/mol. The Bertz CT molecular complexity index is 483. The molecule has 0 aromatic carbocycles. The molecule has 0 bridgehead atoms. The van der Waals surface area contributed by atoms with E-state index in [1.54, 1.807) is 30.6 Å². The quantitative estimate of drug-likeness (QED) is 0.675. The highest BCUT2D eigenvalue weighted by atomic mass is 16.5. The van der Waals surface area contributed by atoms with E-state index in [-0.39, 0.29) is 11.6 Å². The first kappa shape index (κ1) is 17.1. The number of aromatic nitrogens is 3. The van der Waals surface area contributed by atoms with Gasteiger partial charge in [-0.3, -0.25) is 4.79 Å². The summed E-state index contributed by atoms with van der Waals surface area (Å²) in [7, 11) is 3.47. The topological polar surface area (TPSA) is 77.3 Å². The number of hydrogen-bond donors (Lipinski definition) is 0. The van der Waals surface area contributed by atoms with Crippen molar-refractivity contribution in [2.24, 2.45) is 0 Å². The second kappa shape index (κ2) is 8.39. The van der Waals surface area contributed by atoms with Crippen LogP contribution in [0.3, 0.4) is 0 Å². The van der Waals surface area contributed by atoms with Gasteiger partial charge in [-0.15, -0.1) is 5.10 Å². The molecule has 21 heavy (non-hydrogen) atoms. The van der Waals surface area contributed by atoms with Crippen LogP contribution in [0.2, 0.25) is 0 Å². The molecule has 0 saturated heterocycles. The van der Waals surface area contributed by atoms with E-state index in [1.165, 1.54) is 0 Å². The largest absolute Gasteiger partial charge is 0.461 e. The molecule has 0 radical (unpaired) electrons. The standard InChI is InChI=1S/C14H24N4O3/c1-5-8-11-13(14(20)21-6-2)15-16-18(11)10-7-9-12(19)17(3)4/h5-10H2,1-4H3. The zero-order chi connectivity index (χ0) is 15.8. The van der Waals surface area contributed by atoms with Crippen LogP contribution in [-0.4, -0.2) is 52.5 Å². The van der Waals surface area contributed by atoms with E-state index in [1.807, 2.05) is 6.92 Å². The molecule has 0 aliphatic rings. The Balaban J connectivity index is 2.73. The van der Waals surface area contributed by atoms with Gasteiger partial charge in [0.05, 0.1) is 12.3 Å². The van der Waals surface area contributed by atoms with E-state index in [0.717, 1.165) is 12.1 Å². The lowest BCUT2D eigenvalue weighted by atomic mass is 10.2. The highest BCUT2D eigenvalue weighted by molar-refractivity contribution is 5.88. The van der Waals surface area contributed by atoms with Gasteiger partial charge in [0.1, 0.15) is 0 Å². The second-order valence-corrected chi connectivity index (χ2v) is 4.97. The fourth-order valence-corrected chi connectivity index (χ4v) is 1.96. The summed E-state index contributed by atoms with van der Waals surface area (Å²) < 4.78 is 6.69. The Hall–Kier alpha value is -1.92. The Morgan fingerprint density at radius 1 is 1.29 bits per heavy atom. The van der Waals surface area contributed by atoms with Crippen molar-refractivity contribution < 1.29 is 14.3 Å². The number of aryl methyl sites for hydroxylation is 1. The lowest BCUT2D eigenvalue weighted by molar-refractivity contribution is -0.128. The normalized spacial score (nSPS) is 10.5. The van der Waals surface area contributed by atoms with Gasteiger partial charge in [-0.2, -0.15) is 0 Å². The Morgan fingerprint density at radius 2 is 2.00 bits per heavy atom. The second-order valence-electron chi connectivity index (χ2n) is 4.97. The highest BCUT2D eigenvalue weighted by Crippen LogP contribution is 2.11. The summed E-state index contributed by atoms with van der Waals surface area (Å²) in [5, 5.41) is 7.95. The highest BCUT2D eigenvalue weighted by Gasteiger charge is 2.20. The molecule has 7 nitrogen and oxygen atoms in total. The maximum atomic E-state index is 11.8. The zero-order valence-corrected chi connectivity index (χ0v) is 13.3. The van der Waals surface area contributed by atoms with Crippen LogP contribution in [0.25, 0.3) is 0 Å². The lowest BCUT2D eigenvalue weighted by Crippen LogP contribution is -2.21. The molecule has 0 aliphatic carbocycles. The molecule has 1 aromatic rings. The maximum absolute atomic E-state index is 11.8. The summed E-state index contributed by atoms with van der Waals surface area (Å²) in [4.78, 5) is 24.9. The summed E-state index contributed by atoms with van der Waals surface area (Å²) >= 11 is 0. The molecule has 0 spiro atoms. The summed E-state index contributed by atoms with van der Waals surface area (Å²) in [6.07, 6.45) is 2.71. The van der Waals surface area contributed by atoms with E-state index < -0.39 is 5.97 Å². The monoisotopic (exact) mass is 296 g/mol. The molecule has 0 atom stereocenters. The Morgan fingerprint density at radius 3 is 2.57 bits per heavy atom. The third-order valence-corrected chi connectivity index (χ3v) is 3.05. The molecule has 0 fully saturated rings. The number of nitrogens with zero attached hydrogens (tertiary/aromatic N) is 4. The Kier molecular flexibility index (Phi) is 6.84. The van der Waals surface area contributed by atoms with E-state index in [2.05, 4.69) is 10.3 Å². The lowest BCUT2D eigenvalue weighted by Gasteiger charge is -2.10. The fourth-order valence-electron chi connectivity index (χ4n) is 1.96. The minimum absolute atomic E-state index is 0.0813. The molecule has 118 valence electrons. The van der Waals surface area contributed by atoms with Crippen LogP contribution in [0.1, 0.15) is 49.3 Å². The van der Waals surface area contributed by atoms with Gasteiger partial charge in [-0.25, -0.2) is 9.48 Å². The van der Waals surface area contributed by atoms with Gasteiger partial charge >= 0.3 is 5.97 Å². The molecule has 1 heterocycles. The van der Waals surface area contributed by atoms with Crippen molar-refractivity contribution in [3.8, 4) is 0 Å². The molecular formula is C14H24N4O3. The minimum atomic E-state index is -0.434. The molecule has 1 aromatic heterocycles. The van der Waals surface area contributed by atoms with Gasteiger partial charge in [0.2, 0.25) is 5.91 Å². The van der Waals surface area contributed by atoms with Crippen molar-refractivity contribution >= 4 is 11.9 Å². The number of hydrogen-bond acceptors (Lipinski definition) is 5. The van der Waals surface area contributed by atoms with Crippen molar-refractivity contribution in [2.45, 2.75) is 46.1 Å². The first-order chi connectivity index (χ1) is 10.0. The average molecular weight is 296 g/mol. The number of carbonyl (C=O) groups is 2. The van der Waals surface area contributed by atoms with Crippen molar-refractivity contribution in [1.82, 2.24) is 19.9 Å². The van der Waals surface area contributed by atoms with Crippen LogP contribution in [0.4, 0.5) is 0 Å². The number of amides is 1. The summed E-state index contributed by atoms with van der Waals surface area (Å²) in [5.74, 6) is -0.352. The van der Waals surface area contributed by atoms with E-state index in [0.29, 0.717) is 32.4 Å². The molecule has 0 aliphatic heterocycles. The smallest absolute Gasteiger partial charge is 0.360 e. The summed E-state index contributed by atoms with van der Waals surface area (Å²) in [5.41, 5.74) is 1.07. The van der Waals surface area contributed by atoms with Gasteiger partial charge in [-0.1, -0.05) is 18.6 Å². The van der Waals surface area contributed by atoms with E-state index >= 15 is 0 Å². The van der Waals surface area contributed by atoms with Crippen LogP contribution >= 0.6 is 0 Å². The molecule has 1 rings (SSSR count). The fraction of sp³-hybridized carbons (Fsp3) is 0.714. The van der Waals surface area contributed by atoms with Crippen LogP contribution in [0.5, 0.6) is 0 Å². The first-order valence-corrected chi connectivity index (χ1v) is 7.30. The third kappa shape index (κ3) is 4.84. The molecule has 0 unspecified atom stereocenters. The number of rotatable bonds is 8. The van der Waals surface area contributed by atoms with Gasteiger partial charge in [0, 0.05) is 27.1 Å². The number of carbonyl (C=O) groups excluding carboxylic acids is 2. The number of esters is 1. The van der Waals surface area contributed by atoms with Gasteiger partial charge in [0.15, 0.2) is 5.69 Å². The Labute approximate surface area is 125 Å². The summed E-state index contributed by atoms with van der Waals surface area (Å²) in [6.45, 7) is 4.67. The minimum Gasteiger partial charge on any atom is -0.461 e. The van der Waals surface area contributed by atoms with Crippen molar-refractivity contribution in [3.63, 3.8) is 0 Å². The van der Waals surface area contributed by atoms with Crippen LogP contribution in [0.15, 0.2) is 0 Å². The zero-order valence-electron chi connectivity index (χ0n) is 13.3. The molecule has 1 amide bonds. The van der Waals surface area contributed by atoms with E-state index in [9.17, 15) is 9.59 Å². The molecule has 0 N–H and O–H groups in total. The molecule has 7 heteroatoms. The third-order valence-electron chi connectivity index (χ3n) is 3.05. The first-order valence-electron chi connectivity index (χ1n) is 7.30. The van der Waals surface area contributed by atoms with Crippen molar-refractivity contribution in [3.05, 3.63) is 11.4 Å². The summed E-state index contributed by atoms with van der Waals surface area (Å²) in [6, 6.07) is 0. The van der Waals surface area contributed by atoms with Gasteiger partial charge < -0.3 is 9.64 Å². The van der Waals surface area contributed by atoms with Crippen LogP contribution in [0, 0.1) is 0 Å².